The first-order valence-electron chi connectivity index (χ1n) is 6.99. The van der Waals surface area contributed by atoms with Crippen LogP contribution in [0.2, 0.25) is 0 Å². The zero-order valence-corrected chi connectivity index (χ0v) is 11.3. The lowest BCUT2D eigenvalue weighted by atomic mass is 9.98. The molecule has 1 aliphatic rings. The van der Waals surface area contributed by atoms with Crippen molar-refractivity contribution >= 4 is 0 Å². The Kier molecular flexibility index (Phi) is 4.21. The standard InChI is InChI=1S/C14H25N3/c1-4-17-10-14(9-15-17)12(3)16-11(2)13-7-5-6-8-13/h9-13,16H,4-8H2,1-3H3/t11-,12?/m0/s1. The predicted molar refractivity (Wildman–Crippen MR) is 70.9 cm³/mol. The molecule has 1 N–H and O–H groups in total. The second-order valence-corrected chi connectivity index (χ2v) is 5.35. The van der Waals surface area contributed by atoms with E-state index in [4.69, 9.17) is 0 Å². The molecule has 1 saturated carbocycles. The van der Waals surface area contributed by atoms with Crippen LogP contribution in [0.25, 0.3) is 0 Å². The van der Waals surface area contributed by atoms with Crippen LogP contribution in [0.4, 0.5) is 0 Å². The van der Waals surface area contributed by atoms with Crippen LogP contribution in [0, 0.1) is 5.92 Å². The highest BCUT2D eigenvalue weighted by Gasteiger charge is 2.23. The van der Waals surface area contributed by atoms with E-state index in [-0.39, 0.29) is 0 Å². The molecule has 0 bridgehead atoms. The summed E-state index contributed by atoms with van der Waals surface area (Å²) in [7, 11) is 0. The smallest absolute Gasteiger partial charge is 0.0537 e. The summed E-state index contributed by atoms with van der Waals surface area (Å²) in [6.45, 7) is 7.64. The van der Waals surface area contributed by atoms with Crippen LogP contribution in [0.1, 0.15) is 58.1 Å². The Morgan fingerprint density at radius 2 is 2.12 bits per heavy atom. The Hall–Kier alpha value is -0.830. The fourth-order valence-corrected chi connectivity index (χ4v) is 2.86. The first-order valence-corrected chi connectivity index (χ1v) is 6.99. The van der Waals surface area contributed by atoms with Gasteiger partial charge >= 0.3 is 0 Å². The minimum atomic E-state index is 0.408. The number of aromatic nitrogens is 2. The van der Waals surface area contributed by atoms with Gasteiger partial charge in [-0.2, -0.15) is 5.10 Å². The van der Waals surface area contributed by atoms with E-state index in [0.29, 0.717) is 12.1 Å². The summed E-state index contributed by atoms with van der Waals surface area (Å²) in [4.78, 5) is 0. The lowest BCUT2D eigenvalue weighted by molar-refractivity contribution is 0.352. The van der Waals surface area contributed by atoms with E-state index in [1.54, 1.807) is 0 Å². The van der Waals surface area contributed by atoms with Gasteiger partial charge in [0, 0.05) is 30.4 Å². The third-order valence-electron chi connectivity index (χ3n) is 4.10. The van der Waals surface area contributed by atoms with Crippen molar-refractivity contribution in [2.45, 2.75) is 65.1 Å². The fraction of sp³-hybridized carbons (Fsp3) is 0.786. The summed E-state index contributed by atoms with van der Waals surface area (Å²) in [5, 5.41) is 8.06. The number of hydrogen-bond donors (Lipinski definition) is 1. The summed E-state index contributed by atoms with van der Waals surface area (Å²) in [5.41, 5.74) is 1.30. The largest absolute Gasteiger partial charge is 0.307 e. The van der Waals surface area contributed by atoms with Gasteiger partial charge in [-0.05, 0) is 39.5 Å². The van der Waals surface area contributed by atoms with Crippen molar-refractivity contribution in [3.8, 4) is 0 Å². The van der Waals surface area contributed by atoms with Crippen LogP contribution in [0.15, 0.2) is 12.4 Å². The molecular weight excluding hydrogens is 210 g/mol. The SMILES string of the molecule is CCn1cc(C(C)N[C@@H](C)C2CCCC2)cn1. The Bertz CT molecular complexity index is 339. The number of nitrogens with one attached hydrogen (secondary N) is 1. The van der Waals surface area contributed by atoms with Crippen LogP contribution >= 0.6 is 0 Å². The number of rotatable bonds is 5. The van der Waals surface area contributed by atoms with Crippen LogP contribution < -0.4 is 5.32 Å². The third-order valence-corrected chi connectivity index (χ3v) is 4.10. The average Bonchev–Trinajstić information content (AvgIpc) is 3.00. The molecule has 17 heavy (non-hydrogen) atoms. The van der Waals surface area contributed by atoms with Gasteiger partial charge in [0.05, 0.1) is 6.20 Å². The molecule has 1 aliphatic carbocycles. The number of aryl methyl sites for hydroxylation is 1. The molecule has 3 heteroatoms. The van der Waals surface area contributed by atoms with Gasteiger partial charge in [-0.1, -0.05) is 12.8 Å². The van der Waals surface area contributed by atoms with Gasteiger partial charge in [0.15, 0.2) is 0 Å². The summed E-state index contributed by atoms with van der Waals surface area (Å²) in [6, 6.07) is 1.03. The Morgan fingerprint density at radius 3 is 2.71 bits per heavy atom. The van der Waals surface area contributed by atoms with Crippen molar-refractivity contribution < 1.29 is 0 Å². The molecule has 96 valence electrons. The minimum Gasteiger partial charge on any atom is -0.307 e. The van der Waals surface area contributed by atoms with Gasteiger partial charge in [0.2, 0.25) is 0 Å². The van der Waals surface area contributed by atoms with Crippen LogP contribution in [-0.2, 0) is 6.54 Å². The predicted octanol–water partition coefficient (Wildman–Crippen LogP) is 3.13. The summed E-state index contributed by atoms with van der Waals surface area (Å²) < 4.78 is 1.99. The van der Waals surface area contributed by atoms with Crippen molar-refractivity contribution in [3.63, 3.8) is 0 Å². The average molecular weight is 235 g/mol. The first-order chi connectivity index (χ1) is 8.20. The van der Waals surface area contributed by atoms with E-state index in [9.17, 15) is 0 Å². The molecule has 0 aliphatic heterocycles. The topological polar surface area (TPSA) is 29.9 Å². The van der Waals surface area contributed by atoms with Gasteiger partial charge in [0.25, 0.3) is 0 Å². The van der Waals surface area contributed by atoms with Gasteiger partial charge in [-0.3, -0.25) is 4.68 Å². The van der Waals surface area contributed by atoms with Crippen molar-refractivity contribution in [2.24, 2.45) is 5.92 Å². The second kappa shape index (κ2) is 5.67. The zero-order chi connectivity index (χ0) is 12.3. The fourth-order valence-electron chi connectivity index (χ4n) is 2.86. The van der Waals surface area contributed by atoms with E-state index in [2.05, 4.69) is 37.4 Å². The number of nitrogens with zero attached hydrogens (tertiary/aromatic N) is 2. The molecular formula is C14H25N3. The van der Waals surface area contributed by atoms with Gasteiger partial charge in [-0.15, -0.1) is 0 Å². The van der Waals surface area contributed by atoms with Crippen LogP contribution in [-0.4, -0.2) is 15.8 Å². The zero-order valence-electron chi connectivity index (χ0n) is 11.3. The maximum absolute atomic E-state index is 4.34. The second-order valence-electron chi connectivity index (χ2n) is 5.35. The lowest BCUT2D eigenvalue weighted by Gasteiger charge is -2.24. The molecule has 2 atom stereocenters. The van der Waals surface area contributed by atoms with E-state index in [1.165, 1.54) is 31.2 Å². The van der Waals surface area contributed by atoms with E-state index >= 15 is 0 Å². The highest BCUT2D eigenvalue weighted by molar-refractivity contribution is 5.09. The molecule has 1 aromatic rings. The molecule has 0 amide bonds. The molecule has 3 nitrogen and oxygen atoms in total. The van der Waals surface area contributed by atoms with E-state index in [1.807, 2.05) is 10.9 Å². The monoisotopic (exact) mass is 235 g/mol. The minimum absolute atomic E-state index is 0.408. The van der Waals surface area contributed by atoms with Crippen molar-refractivity contribution in [2.75, 3.05) is 0 Å². The Morgan fingerprint density at radius 1 is 1.41 bits per heavy atom. The van der Waals surface area contributed by atoms with Gasteiger partial charge in [0.1, 0.15) is 0 Å². The normalized spacial score (nSPS) is 20.6. The molecule has 1 aromatic heterocycles. The van der Waals surface area contributed by atoms with E-state index in [0.717, 1.165) is 12.5 Å². The quantitative estimate of drug-likeness (QED) is 0.849. The molecule has 1 fully saturated rings. The van der Waals surface area contributed by atoms with Crippen molar-refractivity contribution in [3.05, 3.63) is 18.0 Å². The highest BCUT2D eigenvalue weighted by Crippen LogP contribution is 2.28. The third kappa shape index (κ3) is 3.09. The van der Waals surface area contributed by atoms with Gasteiger partial charge < -0.3 is 5.32 Å². The van der Waals surface area contributed by atoms with E-state index < -0.39 is 0 Å². The maximum atomic E-state index is 4.34. The Balaban J connectivity index is 1.89. The van der Waals surface area contributed by atoms with Crippen molar-refractivity contribution in [1.29, 1.82) is 0 Å². The Labute approximate surface area is 105 Å². The molecule has 2 rings (SSSR count). The maximum Gasteiger partial charge on any atom is 0.0537 e. The van der Waals surface area contributed by atoms with Crippen molar-refractivity contribution in [1.82, 2.24) is 15.1 Å². The molecule has 1 unspecified atom stereocenters. The van der Waals surface area contributed by atoms with Crippen LogP contribution in [0.3, 0.4) is 0 Å². The first kappa shape index (κ1) is 12.6. The molecule has 0 spiro atoms. The highest BCUT2D eigenvalue weighted by atomic mass is 15.3. The number of hydrogen-bond acceptors (Lipinski definition) is 2. The summed E-state index contributed by atoms with van der Waals surface area (Å²) >= 11 is 0. The lowest BCUT2D eigenvalue weighted by Crippen LogP contribution is -2.34. The molecule has 1 heterocycles. The van der Waals surface area contributed by atoms with Gasteiger partial charge in [-0.25, -0.2) is 0 Å². The summed E-state index contributed by atoms with van der Waals surface area (Å²) in [6.07, 6.45) is 9.77. The summed E-state index contributed by atoms with van der Waals surface area (Å²) in [5.74, 6) is 0.874. The van der Waals surface area contributed by atoms with Crippen LogP contribution in [0.5, 0.6) is 0 Å². The molecule has 0 radical (unpaired) electrons. The molecule has 0 aromatic carbocycles. The molecule has 0 saturated heterocycles.